The van der Waals surface area contributed by atoms with Crippen molar-refractivity contribution in [3.05, 3.63) is 35.9 Å². The highest BCUT2D eigenvalue weighted by Gasteiger charge is 2.41. The van der Waals surface area contributed by atoms with Gasteiger partial charge in [0, 0.05) is 12.0 Å². The van der Waals surface area contributed by atoms with Gasteiger partial charge in [0.25, 0.3) is 0 Å². The van der Waals surface area contributed by atoms with E-state index in [9.17, 15) is 9.59 Å². The van der Waals surface area contributed by atoms with Gasteiger partial charge in [0.1, 0.15) is 6.61 Å². The van der Waals surface area contributed by atoms with Crippen molar-refractivity contribution in [2.75, 3.05) is 6.61 Å². The first-order valence-corrected chi connectivity index (χ1v) is 15.6. The third-order valence-corrected chi connectivity index (χ3v) is 11.8. The third-order valence-electron chi connectivity index (χ3n) is 7.25. The molecule has 0 N–H and O–H groups in total. The first-order valence-electron chi connectivity index (χ1n) is 12.7. The Bertz CT molecular complexity index is 759. The van der Waals surface area contributed by atoms with Gasteiger partial charge < -0.3 is 9.16 Å². The number of cyclic esters (lactones) is 1. The van der Waals surface area contributed by atoms with Gasteiger partial charge in [0.05, 0.1) is 6.04 Å². The Morgan fingerprint density at radius 1 is 1.15 bits per heavy atom. The largest absolute Gasteiger partial charge is 0.447 e. The van der Waals surface area contributed by atoms with Gasteiger partial charge in [-0.15, -0.1) is 0 Å². The number of carbonyl (C=O) groups excluding carboxylic acids is 2. The number of hydrogen-bond acceptors (Lipinski definition) is 4. The molecule has 6 heteroatoms. The lowest BCUT2D eigenvalue weighted by molar-refractivity contribution is -0.133. The fourth-order valence-corrected chi connectivity index (χ4v) is 5.46. The standard InChI is InChI=1S/C27H45NO4Si/c1-8-9-11-16-24(32-33(6,7)27(3,4)5)18-17-21(2)25(29)28-23(20-31-26(28)30)19-22-14-12-10-13-15-22/h10,12-15,21,23-24H,8-9,11,16-20H2,1-7H3/t21-,23-,24+/m0/s1. The molecule has 0 unspecified atom stereocenters. The number of amides is 2. The van der Waals surface area contributed by atoms with E-state index in [1.54, 1.807) is 0 Å². The third kappa shape index (κ3) is 7.96. The van der Waals surface area contributed by atoms with Crippen LogP contribution in [0.1, 0.15) is 78.7 Å². The van der Waals surface area contributed by atoms with E-state index < -0.39 is 14.4 Å². The zero-order chi connectivity index (χ0) is 24.6. The van der Waals surface area contributed by atoms with Gasteiger partial charge in [-0.1, -0.05) is 84.2 Å². The Labute approximate surface area is 202 Å². The van der Waals surface area contributed by atoms with Crippen LogP contribution in [-0.2, 0) is 20.4 Å². The van der Waals surface area contributed by atoms with Crippen LogP contribution >= 0.6 is 0 Å². The van der Waals surface area contributed by atoms with Crippen LogP contribution in [0, 0.1) is 5.92 Å². The molecule has 1 saturated heterocycles. The molecule has 2 amide bonds. The van der Waals surface area contributed by atoms with Gasteiger partial charge in [0.15, 0.2) is 8.32 Å². The minimum atomic E-state index is -1.89. The lowest BCUT2D eigenvalue weighted by Crippen LogP contribution is -2.45. The maximum absolute atomic E-state index is 13.3. The maximum Gasteiger partial charge on any atom is 0.416 e. The number of benzene rings is 1. The second-order valence-corrected chi connectivity index (χ2v) is 15.9. The number of hydrogen-bond donors (Lipinski definition) is 0. The molecular formula is C27H45NO4Si. The predicted molar refractivity (Wildman–Crippen MR) is 137 cm³/mol. The molecule has 0 saturated carbocycles. The van der Waals surface area contributed by atoms with E-state index in [1.165, 1.54) is 17.7 Å². The van der Waals surface area contributed by atoms with Crippen molar-refractivity contribution in [3.8, 4) is 0 Å². The van der Waals surface area contributed by atoms with E-state index in [4.69, 9.17) is 9.16 Å². The molecule has 0 spiro atoms. The topological polar surface area (TPSA) is 55.8 Å². The summed E-state index contributed by atoms with van der Waals surface area (Å²) < 4.78 is 12.0. The quantitative estimate of drug-likeness (QED) is 0.242. The molecule has 186 valence electrons. The Hall–Kier alpha value is -1.66. The summed E-state index contributed by atoms with van der Waals surface area (Å²) in [6, 6.07) is 9.72. The highest BCUT2D eigenvalue weighted by Crippen LogP contribution is 2.38. The average Bonchev–Trinajstić information content (AvgIpc) is 3.10. The van der Waals surface area contributed by atoms with Crippen molar-refractivity contribution < 1.29 is 18.8 Å². The molecular weight excluding hydrogens is 430 g/mol. The van der Waals surface area contributed by atoms with Crippen LogP contribution in [0.5, 0.6) is 0 Å². The van der Waals surface area contributed by atoms with Crippen LogP contribution in [0.3, 0.4) is 0 Å². The van der Waals surface area contributed by atoms with E-state index >= 15 is 0 Å². The van der Waals surface area contributed by atoms with Crippen LogP contribution in [0.15, 0.2) is 30.3 Å². The maximum atomic E-state index is 13.3. The number of rotatable bonds is 12. The fourth-order valence-electron chi connectivity index (χ4n) is 4.04. The molecule has 0 aliphatic carbocycles. The molecule has 1 aromatic rings. The molecule has 0 aromatic heterocycles. The zero-order valence-electron chi connectivity index (χ0n) is 21.9. The Morgan fingerprint density at radius 3 is 2.42 bits per heavy atom. The molecule has 3 atom stereocenters. The van der Waals surface area contributed by atoms with Crippen LogP contribution in [0.4, 0.5) is 4.79 Å². The molecule has 1 aromatic carbocycles. The molecule has 1 fully saturated rings. The fraction of sp³-hybridized carbons (Fsp3) is 0.704. The first-order chi connectivity index (χ1) is 15.5. The highest BCUT2D eigenvalue weighted by atomic mass is 28.4. The van der Waals surface area contributed by atoms with Gasteiger partial charge in [0.2, 0.25) is 5.91 Å². The highest BCUT2D eigenvalue weighted by molar-refractivity contribution is 6.74. The second kappa shape index (κ2) is 12.2. The number of ether oxygens (including phenoxy) is 1. The van der Waals surface area contributed by atoms with Crippen molar-refractivity contribution in [3.63, 3.8) is 0 Å². The van der Waals surface area contributed by atoms with Crippen LogP contribution < -0.4 is 0 Å². The van der Waals surface area contributed by atoms with Crippen molar-refractivity contribution in [2.45, 2.75) is 110 Å². The molecule has 1 aliphatic rings. The van der Waals surface area contributed by atoms with Crippen molar-refractivity contribution in [2.24, 2.45) is 5.92 Å². The Morgan fingerprint density at radius 2 is 1.82 bits per heavy atom. The van der Waals surface area contributed by atoms with Crippen LogP contribution in [0.25, 0.3) is 0 Å². The second-order valence-electron chi connectivity index (χ2n) is 11.1. The molecule has 1 heterocycles. The summed E-state index contributed by atoms with van der Waals surface area (Å²) in [6.07, 6.45) is 6.40. The van der Waals surface area contributed by atoms with Crippen LogP contribution in [0.2, 0.25) is 18.1 Å². The summed E-state index contributed by atoms with van der Waals surface area (Å²) >= 11 is 0. The zero-order valence-corrected chi connectivity index (χ0v) is 22.9. The Kier molecular flexibility index (Phi) is 10.2. The van der Waals surface area contributed by atoms with Crippen molar-refractivity contribution >= 4 is 20.3 Å². The lowest BCUT2D eigenvalue weighted by Gasteiger charge is -2.39. The number of carbonyl (C=O) groups is 2. The summed E-state index contributed by atoms with van der Waals surface area (Å²) in [4.78, 5) is 27.0. The summed E-state index contributed by atoms with van der Waals surface area (Å²) in [5.74, 6) is -0.372. The lowest BCUT2D eigenvalue weighted by atomic mass is 9.97. The normalized spacial score (nSPS) is 18.8. The summed E-state index contributed by atoms with van der Waals surface area (Å²) in [5, 5.41) is 0.154. The van der Waals surface area contributed by atoms with E-state index in [2.05, 4.69) is 40.8 Å². The van der Waals surface area contributed by atoms with E-state index in [0.717, 1.165) is 24.8 Å². The first kappa shape index (κ1) is 27.6. The van der Waals surface area contributed by atoms with Gasteiger partial charge in [-0.3, -0.25) is 4.79 Å². The molecule has 0 bridgehead atoms. The minimum Gasteiger partial charge on any atom is -0.447 e. The number of unbranched alkanes of at least 4 members (excludes halogenated alkanes) is 2. The van der Waals surface area contributed by atoms with Crippen LogP contribution in [-0.4, -0.2) is 44.0 Å². The molecule has 33 heavy (non-hydrogen) atoms. The summed E-state index contributed by atoms with van der Waals surface area (Å²) in [5.41, 5.74) is 1.10. The van der Waals surface area contributed by atoms with Gasteiger partial charge in [-0.2, -0.15) is 0 Å². The number of nitrogens with zero attached hydrogens (tertiary/aromatic N) is 1. The van der Waals surface area contributed by atoms with Gasteiger partial charge >= 0.3 is 6.09 Å². The number of imide groups is 1. The molecule has 2 rings (SSSR count). The van der Waals surface area contributed by atoms with E-state index in [0.29, 0.717) is 12.8 Å². The van der Waals surface area contributed by atoms with E-state index in [-0.39, 0.29) is 35.6 Å². The molecule has 0 radical (unpaired) electrons. The Balaban J connectivity index is 2.01. The smallest absolute Gasteiger partial charge is 0.416 e. The molecule has 1 aliphatic heterocycles. The van der Waals surface area contributed by atoms with Crippen molar-refractivity contribution in [1.82, 2.24) is 4.90 Å². The van der Waals surface area contributed by atoms with Crippen molar-refractivity contribution in [1.29, 1.82) is 0 Å². The monoisotopic (exact) mass is 475 g/mol. The predicted octanol–water partition coefficient (Wildman–Crippen LogP) is 6.96. The average molecular weight is 476 g/mol. The van der Waals surface area contributed by atoms with Gasteiger partial charge in [-0.05, 0) is 49.4 Å². The molecule has 5 nitrogen and oxygen atoms in total. The summed E-state index contributed by atoms with van der Waals surface area (Å²) in [6.45, 7) is 15.8. The van der Waals surface area contributed by atoms with E-state index in [1.807, 2.05) is 37.3 Å². The van der Waals surface area contributed by atoms with Gasteiger partial charge in [-0.25, -0.2) is 9.69 Å². The minimum absolute atomic E-state index is 0.127. The SMILES string of the molecule is CCCCC[C@H](CC[C@H](C)C(=O)N1C(=O)OC[C@@H]1Cc1ccccc1)O[Si](C)(C)C(C)(C)C. The summed E-state index contributed by atoms with van der Waals surface area (Å²) in [7, 11) is -1.89.